The molecule has 1 aromatic rings. The standard InChI is InChI=1S/C17H17NO3/c19-16-8-9-17(20)18(16)10-4-1-5-11-21-15-12-13-6-2-3-7-14(13)15/h2-3,6-9,12H,1,4-5,10-11H2. The normalized spacial score (nSPS) is 15.8. The van der Waals surface area contributed by atoms with Crippen LogP contribution >= 0.6 is 0 Å². The Morgan fingerprint density at radius 1 is 0.952 bits per heavy atom. The summed E-state index contributed by atoms with van der Waals surface area (Å²) in [5.74, 6) is 0.555. The Balaban J connectivity index is 1.30. The largest absolute Gasteiger partial charge is 0.493 e. The highest BCUT2D eigenvalue weighted by Crippen LogP contribution is 2.32. The zero-order valence-corrected chi connectivity index (χ0v) is 11.7. The molecule has 0 aromatic heterocycles. The molecule has 4 nitrogen and oxygen atoms in total. The van der Waals surface area contributed by atoms with E-state index < -0.39 is 0 Å². The van der Waals surface area contributed by atoms with Gasteiger partial charge in [-0.15, -0.1) is 0 Å². The van der Waals surface area contributed by atoms with Gasteiger partial charge in [0.2, 0.25) is 0 Å². The van der Waals surface area contributed by atoms with Gasteiger partial charge in [0.05, 0.1) is 6.61 Å². The summed E-state index contributed by atoms with van der Waals surface area (Å²) in [6.45, 7) is 1.16. The van der Waals surface area contributed by atoms with Gasteiger partial charge in [0.15, 0.2) is 0 Å². The zero-order chi connectivity index (χ0) is 14.7. The van der Waals surface area contributed by atoms with E-state index >= 15 is 0 Å². The molecular weight excluding hydrogens is 266 g/mol. The average Bonchev–Trinajstić information content (AvgIpc) is 2.78. The second-order valence-corrected chi connectivity index (χ2v) is 5.17. The summed E-state index contributed by atoms with van der Waals surface area (Å²) in [7, 11) is 0. The van der Waals surface area contributed by atoms with Crippen molar-refractivity contribution in [3.8, 4) is 0 Å². The Bertz CT molecular complexity index is 613. The number of amides is 2. The molecule has 0 saturated heterocycles. The van der Waals surface area contributed by atoms with Crippen molar-refractivity contribution in [2.75, 3.05) is 13.2 Å². The van der Waals surface area contributed by atoms with Crippen LogP contribution in [0.15, 0.2) is 36.4 Å². The van der Waals surface area contributed by atoms with Gasteiger partial charge in [-0.05, 0) is 30.9 Å². The van der Waals surface area contributed by atoms with E-state index in [0.717, 1.165) is 25.0 Å². The quantitative estimate of drug-likeness (QED) is 0.571. The molecule has 2 amide bonds. The smallest absolute Gasteiger partial charge is 0.253 e. The third-order valence-electron chi connectivity index (χ3n) is 3.70. The predicted molar refractivity (Wildman–Crippen MR) is 80.0 cm³/mol. The monoisotopic (exact) mass is 283 g/mol. The van der Waals surface area contributed by atoms with Crippen LogP contribution in [0.4, 0.5) is 0 Å². The van der Waals surface area contributed by atoms with E-state index in [1.165, 1.54) is 28.2 Å². The number of benzene rings is 1. The third kappa shape index (κ3) is 2.89. The van der Waals surface area contributed by atoms with Crippen molar-refractivity contribution in [1.82, 2.24) is 4.90 Å². The number of rotatable bonds is 7. The third-order valence-corrected chi connectivity index (χ3v) is 3.70. The fourth-order valence-corrected chi connectivity index (χ4v) is 2.49. The number of imide groups is 1. The molecule has 4 heteroatoms. The highest BCUT2D eigenvalue weighted by molar-refractivity contribution is 6.12. The lowest BCUT2D eigenvalue weighted by Gasteiger charge is -2.20. The Hall–Kier alpha value is -2.36. The van der Waals surface area contributed by atoms with Crippen LogP contribution in [0.25, 0.3) is 11.8 Å². The number of nitrogens with zero attached hydrogens (tertiary/aromatic N) is 1. The summed E-state index contributed by atoms with van der Waals surface area (Å²) in [5, 5.41) is 0. The molecule has 1 aliphatic carbocycles. The first-order chi connectivity index (χ1) is 10.3. The molecule has 1 heterocycles. The Morgan fingerprint density at radius 2 is 1.71 bits per heavy atom. The van der Waals surface area contributed by atoms with Gasteiger partial charge in [0.25, 0.3) is 11.8 Å². The summed E-state index contributed by atoms with van der Waals surface area (Å²) in [6, 6.07) is 8.15. The molecule has 0 fully saturated rings. The fourth-order valence-electron chi connectivity index (χ4n) is 2.49. The Labute approximate surface area is 123 Å². The van der Waals surface area contributed by atoms with Crippen LogP contribution in [0.1, 0.15) is 30.4 Å². The predicted octanol–water partition coefficient (Wildman–Crippen LogP) is 2.61. The van der Waals surface area contributed by atoms with E-state index in [4.69, 9.17) is 4.74 Å². The van der Waals surface area contributed by atoms with E-state index in [-0.39, 0.29) is 11.8 Å². The topological polar surface area (TPSA) is 46.6 Å². The first-order valence-corrected chi connectivity index (χ1v) is 7.23. The van der Waals surface area contributed by atoms with Gasteiger partial charge in [-0.2, -0.15) is 0 Å². The molecule has 0 bridgehead atoms. The summed E-state index contributed by atoms with van der Waals surface area (Å²) in [4.78, 5) is 24.0. The van der Waals surface area contributed by atoms with Gasteiger partial charge in [0.1, 0.15) is 5.76 Å². The van der Waals surface area contributed by atoms with Gasteiger partial charge in [-0.25, -0.2) is 0 Å². The molecule has 2 aliphatic rings. The number of hydrogen-bond acceptors (Lipinski definition) is 3. The Kier molecular flexibility index (Phi) is 3.86. The summed E-state index contributed by atoms with van der Waals surface area (Å²) < 4.78 is 5.72. The number of hydrogen-bond donors (Lipinski definition) is 0. The second kappa shape index (κ2) is 5.95. The number of ether oxygens (including phenoxy) is 1. The number of carbonyl (C=O) groups is 2. The van der Waals surface area contributed by atoms with Crippen molar-refractivity contribution in [3.05, 3.63) is 47.5 Å². The van der Waals surface area contributed by atoms with E-state index in [1.54, 1.807) is 0 Å². The number of carbonyl (C=O) groups excluding carboxylic acids is 2. The minimum Gasteiger partial charge on any atom is -0.493 e. The van der Waals surface area contributed by atoms with Crippen LogP contribution < -0.4 is 0 Å². The van der Waals surface area contributed by atoms with Gasteiger partial charge < -0.3 is 4.74 Å². The molecule has 1 aromatic carbocycles. The molecule has 0 saturated carbocycles. The minimum absolute atomic E-state index is 0.201. The lowest BCUT2D eigenvalue weighted by molar-refractivity contribution is -0.136. The van der Waals surface area contributed by atoms with Gasteiger partial charge in [0, 0.05) is 24.3 Å². The number of unbranched alkanes of at least 4 members (excludes halogenated alkanes) is 2. The van der Waals surface area contributed by atoms with Crippen LogP contribution in [0.3, 0.4) is 0 Å². The molecular formula is C17H17NO3. The molecule has 108 valence electrons. The number of fused-ring (bicyclic) bond motifs is 1. The zero-order valence-electron chi connectivity index (χ0n) is 11.7. The van der Waals surface area contributed by atoms with E-state index in [0.29, 0.717) is 13.2 Å². The fraction of sp³-hybridized carbons (Fsp3) is 0.294. The van der Waals surface area contributed by atoms with Crippen LogP contribution in [0.2, 0.25) is 0 Å². The highest BCUT2D eigenvalue weighted by Gasteiger charge is 2.22. The molecule has 0 N–H and O–H groups in total. The molecule has 0 atom stereocenters. The van der Waals surface area contributed by atoms with E-state index in [9.17, 15) is 9.59 Å². The highest BCUT2D eigenvalue weighted by atomic mass is 16.5. The maximum absolute atomic E-state index is 11.3. The van der Waals surface area contributed by atoms with Gasteiger partial charge >= 0.3 is 0 Å². The molecule has 0 radical (unpaired) electrons. The minimum atomic E-state index is -0.201. The van der Waals surface area contributed by atoms with Crippen molar-refractivity contribution in [1.29, 1.82) is 0 Å². The van der Waals surface area contributed by atoms with Crippen LogP contribution in [0, 0.1) is 0 Å². The molecule has 0 spiro atoms. The maximum Gasteiger partial charge on any atom is 0.253 e. The molecule has 21 heavy (non-hydrogen) atoms. The molecule has 0 unspecified atom stereocenters. The lowest BCUT2D eigenvalue weighted by Crippen LogP contribution is -2.30. The van der Waals surface area contributed by atoms with Gasteiger partial charge in [-0.1, -0.05) is 24.3 Å². The summed E-state index contributed by atoms with van der Waals surface area (Å²) in [5.41, 5.74) is 2.41. The molecule has 1 aliphatic heterocycles. The van der Waals surface area contributed by atoms with Crippen molar-refractivity contribution >= 4 is 23.6 Å². The van der Waals surface area contributed by atoms with Crippen LogP contribution in [0.5, 0.6) is 0 Å². The lowest BCUT2D eigenvalue weighted by atomic mass is 9.96. The van der Waals surface area contributed by atoms with Crippen LogP contribution in [-0.4, -0.2) is 29.9 Å². The van der Waals surface area contributed by atoms with Crippen molar-refractivity contribution in [2.24, 2.45) is 0 Å². The van der Waals surface area contributed by atoms with Crippen molar-refractivity contribution in [2.45, 2.75) is 19.3 Å². The summed E-state index contributed by atoms with van der Waals surface area (Å²) >= 11 is 0. The second-order valence-electron chi connectivity index (χ2n) is 5.17. The van der Waals surface area contributed by atoms with Crippen LogP contribution in [-0.2, 0) is 14.3 Å². The first-order valence-electron chi connectivity index (χ1n) is 7.23. The summed E-state index contributed by atoms with van der Waals surface area (Å²) in [6.07, 6.45) is 7.37. The van der Waals surface area contributed by atoms with E-state index in [1.807, 2.05) is 18.2 Å². The maximum atomic E-state index is 11.3. The van der Waals surface area contributed by atoms with Gasteiger partial charge in [-0.3, -0.25) is 14.5 Å². The SMILES string of the molecule is O=C1C=CC(=O)N1CCCCCOC1=Cc2ccccc21. The first kappa shape index (κ1) is 13.6. The molecule has 3 rings (SSSR count). The van der Waals surface area contributed by atoms with E-state index in [2.05, 4.69) is 12.1 Å². The van der Waals surface area contributed by atoms with Crippen molar-refractivity contribution < 1.29 is 14.3 Å². The van der Waals surface area contributed by atoms with Crippen molar-refractivity contribution in [3.63, 3.8) is 0 Å². The average molecular weight is 283 g/mol. The Morgan fingerprint density at radius 3 is 2.48 bits per heavy atom.